The van der Waals surface area contributed by atoms with Crippen LogP contribution >= 0.6 is 11.3 Å². The predicted molar refractivity (Wildman–Crippen MR) is 125 cm³/mol. The molecule has 1 N–H and O–H groups in total. The highest BCUT2D eigenvalue weighted by atomic mass is 32.1. The van der Waals surface area contributed by atoms with Crippen molar-refractivity contribution in [1.82, 2.24) is 10.2 Å². The van der Waals surface area contributed by atoms with Crippen LogP contribution in [-0.2, 0) is 4.79 Å². The topological polar surface area (TPSA) is 85.8 Å². The van der Waals surface area contributed by atoms with E-state index in [4.69, 9.17) is 14.2 Å². The van der Waals surface area contributed by atoms with Crippen LogP contribution in [0, 0.1) is 5.92 Å². The van der Waals surface area contributed by atoms with Gasteiger partial charge in [0, 0.05) is 36.8 Å². The van der Waals surface area contributed by atoms with Gasteiger partial charge in [0.2, 0.25) is 11.7 Å². The summed E-state index contributed by atoms with van der Waals surface area (Å²) in [4.78, 5) is 16.1. The van der Waals surface area contributed by atoms with Crippen molar-refractivity contribution in [1.29, 1.82) is 0 Å². The summed E-state index contributed by atoms with van der Waals surface area (Å²) < 4.78 is 16.1. The average Bonchev–Trinajstić information content (AvgIpc) is 3.38. The zero-order chi connectivity index (χ0) is 22.5. The summed E-state index contributed by atoms with van der Waals surface area (Å²) in [7, 11) is 4.65. The van der Waals surface area contributed by atoms with E-state index in [0.29, 0.717) is 22.9 Å². The van der Waals surface area contributed by atoms with Gasteiger partial charge in [-0.2, -0.15) is 0 Å². The number of nitrogens with zero attached hydrogens (tertiary/aromatic N) is 3. The summed E-state index contributed by atoms with van der Waals surface area (Å²) in [5, 5.41) is 13.8. The van der Waals surface area contributed by atoms with Gasteiger partial charge in [-0.15, -0.1) is 21.5 Å². The number of carbonyl (C=O) groups is 1. The Morgan fingerprint density at radius 2 is 1.75 bits per heavy atom. The largest absolute Gasteiger partial charge is 0.493 e. The van der Waals surface area contributed by atoms with Gasteiger partial charge in [0.25, 0.3) is 0 Å². The van der Waals surface area contributed by atoms with E-state index in [9.17, 15) is 4.79 Å². The first-order chi connectivity index (χ1) is 15.6. The molecule has 168 valence electrons. The Bertz CT molecular complexity index is 1020. The number of benzene rings is 1. The Balaban J connectivity index is 1.37. The summed E-state index contributed by atoms with van der Waals surface area (Å²) in [5.74, 6) is 2.24. The zero-order valence-corrected chi connectivity index (χ0v) is 19.1. The monoisotopic (exact) mass is 454 g/mol. The second-order valence-corrected chi connectivity index (χ2v) is 8.37. The zero-order valence-electron chi connectivity index (χ0n) is 18.3. The molecule has 1 aromatic carbocycles. The van der Waals surface area contributed by atoms with Crippen LogP contribution in [0.2, 0.25) is 0 Å². The Labute approximate surface area is 191 Å². The fourth-order valence-electron chi connectivity index (χ4n) is 3.82. The minimum absolute atomic E-state index is 0.0157. The van der Waals surface area contributed by atoms with Gasteiger partial charge in [0.1, 0.15) is 5.69 Å². The number of anilines is 2. The number of nitrogens with one attached hydrogen (secondary N) is 1. The summed E-state index contributed by atoms with van der Waals surface area (Å²) in [6, 6.07) is 11.5. The Hall–Kier alpha value is -3.33. The first kappa shape index (κ1) is 21.9. The number of methoxy groups -OCH3 is 3. The van der Waals surface area contributed by atoms with E-state index in [-0.39, 0.29) is 11.8 Å². The van der Waals surface area contributed by atoms with Crippen LogP contribution in [0.1, 0.15) is 12.8 Å². The third-order valence-corrected chi connectivity index (χ3v) is 6.44. The van der Waals surface area contributed by atoms with Crippen LogP contribution in [0.4, 0.5) is 11.5 Å². The van der Waals surface area contributed by atoms with Crippen LogP contribution in [0.25, 0.3) is 10.6 Å². The van der Waals surface area contributed by atoms with Crippen molar-refractivity contribution in [3.05, 3.63) is 41.8 Å². The van der Waals surface area contributed by atoms with Gasteiger partial charge in [0.05, 0.1) is 26.2 Å². The molecule has 0 atom stereocenters. The van der Waals surface area contributed by atoms with Crippen LogP contribution in [0.15, 0.2) is 41.8 Å². The fourth-order valence-corrected chi connectivity index (χ4v) is 4.51. The molecule has 9 heteroatoms. The molecule has 1 aliphatic heterocycles. The minimum Gasteiger partial charge on any atom is -0.493 e. The third-order valence-electron chi connectivity index (χ3n) is 5.55. The van der Waals surface area contributed by atoms with E-state index in [1.807, 2.05) is 29.6 Å². The van der Waals surface area contributed by atoms with E-state index in [0.717, 1.165) is 42.3 Å². The van der Waals surface area contributed by atoms with E-state index in [1.165, 1.54) is 0 Å². The smallest absolute Gasteiger partial charge is 0.227 e. The summed E-state index contributed by atoms with van der Waals surface area (Å²) >= 11 is 1.64. The van der Waals surface area contributed by atoms with Gasteiger partial charge in [0.15, 0.2) is 17.3 Å². The van der Waals surface area contributed by atoms with Gasteiger partial charge in [-0.25, -0.2) is 0 Å². The molecule has 2 aromatic heterocycles. The lowest BCUT2D eigenvalue weighted by atomic mass is 9.95. The highest BCUT2D eigenvalue weighted by Gasteiger charge is 2.26. The van der Waals surface area contributed by atoms with Crippen molar-refractivity contribution in [2.24, 2.45) is 5.92 Å². The summed E-state index contributed by atoms with van der Waals surface area (Å²) in [6.07, 6.45) is 1.48. The molecule has 32 heavy (non-hydrogen) atoms. The molecular weight excluding hydrogens is 428 g/mol. The number of carbonyl (C=O) groups excluding carboxylic acids is 1. The van der Waals surface area contributed by atoms with E-state index in [1.54, 1.807) is 44.8 Å². The number of hydrogen-bond acceptors (Lipinski definition) is 8. The average molecular weight is 455 g/mol. The number of rotatable bonds is 7. The normalized spacial score (nSPS) is 14.2. The molecule has 0 bridgehead atoms. The number of piperidine rings is 1. The predicted octanol–water partition coefficient (Wildman–Crippen LogP) is 4.09. The first-order valence-corrected chi connectivity index (χ1v) is 11.2. The lowest BCUT2D eigenvalue weighted by Gasteiger charge is -2.31. The standard InChI is InChI=1S/C23H26N4O4S/c1-29-18-13-16(14-19(30-2)22(18)31-3)24-23(28)15-8-10-27(11-9-15)21-7-6-17(25-26-21)20-5-4-12-32-20/h4-7,12-15H,8-11H2,1-3H3,(H,24,28). The number of hydrogen-bond donors (Lipinski definition) is 1. The molecule has 4 rings (SSSR count). The van der Waals surface area contributed by atoms with Crippen molar-refractivity contribution in [2.45, 2.75) is 12.8 Å². The second-order valence-electron chi connectivity index (χ2n) is 7.42. The molecule has 1 saturated heterocycles. The molecule has 0 unspecified atom stereocenters. The maximum atomic E-state index is 12.9. The molecule has 8 nitrogen and oxygen atoms in total. The first-order valence-electron chi connectivity index (χ1n) is 10.4. The van der Waals surface area contributed by atoms with Crippen LogP contribution < -0.4 is 24.4 Å². The number of aromatic nitrogens is 2. The number of amides is 1. The lowest BCUT2D eigenvalue weighted by Crippen LogP contribution is -2.38. The SMILES string of the molecule is COc1cc(NC(=O)C2CCN(c3ccc(-c4cccs4)nn3)CC2)cc(OC)c1OC. The molecule has 0 aliphatic carbocycles. The van der Waals surface area contributed by atoms with Crippen molar-refractivity contribution < 1.29 is 19.0 Å². The van der Waals surface area contributed by atoms with E-state index in [2.05, 4.69) is 20.4 Å². The maximum absolute atomic E-state index is 12.9. The van der Waals surface area contributed by atoms with Gasteiger partial charge in [-0.3, -0.25) is 4.79 Å². The highest BCUT2D eigenvalue weighted by molar-refractivity contribution is 7.13. The van der Waals surface area contributed by atoms with Crippen molar-refractivity contribution in [2.75, 3.05) is 44.6 Å². The molecule has 0 spiro atoms. The van der Waals surface area contributed by atoms with Crippen molar-refractivity contribution in [3.8, 4) is 27.8 Å². The Morgan fingerprint density at radius 3 is 2.28 bits per heavy atom. The summed E-state index contributed by atoms with van der Waals surface area (Å²) in [6.45, 7) is 1.50. The van der Waals surface area contributed by atoms with Crippen LogP contribution in [0.3, 0.4) is 0 Å². The molecule has 3 aromatic rings. The van der Waals surface area contributed by atoms with Gasteiger partial charge < -0.3 is 24.4 Å². The molecule has 1 aliphatic rings. The Kier molecular flexibility index (Phi) is 6.75. The van der Waals surface area contributed by atoms with Crippen LogP contribution in [-0.4, -0.2) is 50.5 Å². The van der Waals surface area contributed by atoms with Crippen LogP contribution in [0.5, 0.6) is 17.2 Å². The van der Waals surface area contributed by atoms with E-state index < -0.39 is 0 Å². The third kappa shape index (κ3) is 4.62. The number of ether oxygens (including phenoxy) is 3. The maximum Gasteiger partial charge on any atom is 0.227 e. The second kappa shape index (κ2) is 9.86. The minimum atomic E-state index is -0.0799. The Morgan fingerprint density at radius 1 is 1.03 bits per heavy atom. The highest BCUT2D eigenvalue weighted by Crippen LogP contribution is 2.40. The lowest BCUT2D eigenvalue weighted by molar-refractivity contribution is -0.120. The van der Waals surface area contributed by atoms with E-state index >= 15 is 0 Å². The molecule has 3 heterocycles. The molecule has 0 saturated carbocycles. The molecule has 0 radical (unpaired) electrons. The van der Waals surface area contributed by atoms with Crippen molar-refractivity contribution >= 4 is 28.7 Å². The molecular formula is C23H26N4O4S. The van der Waals surface area contributed by atoms with Gasteiger partial charge >= 0.3 is 0 Å². The quantitative estimate of drug-likeness (QED) is 0.576. The van der Waals surface area contributed by atoms with Crippen molar-refractivity contribution in [3.63, 3.8) is 0 Å². The number of thiophene rings is 1. The summed E-state index contributed by atoms with van der Waals surface area (Å²) in [5.41, 5.74) is 1.49. The molecule has 1 amide bonds. The van der Waals surface area contributed by atoms with Gasteiger partial charge in [-0.1, -0.05) is 6.07 Å². The van der Waals surface area contributed by atoms with Gasteiger partial charge in [-0.05, 0) is 36.4 Å². The molecule has 1 fully saturated rings. The fraction of sp³-hybridized carbons (Fsp3) is 0.348.